The summed E-state index contributed by atoms with van der Waals surface area (Å²) >= 11 is 0. The van der Waals surface area contributed by atoms with Gasteiger partial charge in [0.1, 0.15) is 0 Å². The highest BCUT2D eigenvalue weighted by Gasteiger charge is 2.21. The third-order valence-electron chi connectivity index (χ3n) is 4.70. The van der Waals surface area contributed by atoms with Crippen LogP contribution in [0.3, 0.4) is 0 Å². The number of carboxylic acids is 1. The van der Waals surface area contributed by atoms with Crippen LogP contribution in [0.15, 0.2) is 30.5 Å². The van der Waals surface area contributed by atoms with Crippen LogP contribution in [0.2, 0.25) is 0 Å². The number of hydrogen-bond donors (Lipinski definition) is 1. The Morgan fingerprint density at radius 1 is 1.19 bits per heavy atom. The van der Waals surface area contributed by atoms with E-state index in [1.807, 2.05) is 24.4 Å². The van der Waals surface area contributed by atoms with Crippen molar-refractivity contribution in [1.82, 2.24) is 4.98 Å². The smallest absolute Gasteiger partial charge is 0.310 e. The van der Waals surface area contributed by atoms with Gasteiger partial charge in [-0.1, -0.05) is 37.5 Å². The lowest BCUT2D eigenvalue weighted by atomic mass is 9.84. The largest absolute Gasteiger partial charge is 0.481 e. The first-order chi connectivity index (χ1) is 10.2. The molecule has 1 fully saturated rings. The SMILES string of the molecule is CC(C(=O)O)c1cccc2c(C3CCCCC3)nccc12. The number of pyridine rings is 1. The number of aliphatic carboxylic acids is 1. The topological polar surface area (TPSA) is 50.2 Å². The number of aromatic nitrogens is 1. The summed E-state index contributed by atoms with van der Waals surface area (Å²) in [7, 11) is 0. The molecule has 0 aliphatic heterocycles. The fourth-order valence-electron chi connectivity index (χ4n) is 3.47. The summed E-state index contributed by atoms with van der Waals surface area (Å²) in [6.07, 6.45) is 8.10. The molecule has 1 atom stereocenters. The zero-order valence-corrected chi connectivity index (χ0v) is 12.4. The minimum Gasteiger partial charge on any atom is -0.481 e. The molecule has 3 nitrogen and oxygen atoms in total. The van der Waals surface area contributed by atoms with Gasteiger partial charge in [0.25, 0.3) is 0 Å². The van der Waals surface area contributed by atoms with Crippen LogP contribution in [0.25, 0.3) is 10.8 Å². The van der Waals surface area contributed by atoms with Gasteiger partial charge in [-0.3, -0.25) is 9.78 Å². The molecule has 2 aromatic rings. The van der Waals surface area contributed by atoms with Crippen LogP contribution in [0, 0.1) is 0 Å². The highest BCUT2D eigenvalue weighted by Crippen LogP contribution is 2.36. The second kappa shape index (κ2) is 5.84. The van der Waals surface area contributed by atoms with Gasteiger partial charge in [-0.25, -0.2) is 0 Å². The van der Waals surface area contributed by atoms with E-state index in [0.717, 1.165) is 22.0 Å². The van der Waals surface area contributed by atoms with Gasteiger partial charge in [0.15, 0.2) is 0 Å². The first-order valence-corrected chi connectivity index (χ1v) is 7.79. The fraction of sp³-hybridized carbons (Fsp3) is 0.444. The average Bonchev–Trinajstić information content (AvgIpc) is 2.53. The molecular formula is C18H21NO2. The average molecular weight is 283 g/mol. The third kappa shape index (κ3) is 2.65. The lowest BCUT2D eigenvalue weighted by Crippen LogP contribution is -2.10. The van der Waals surface area contributed by atoms with Crippen molar-refractivity contribution < 1.29 is 9.90 Å². The number of nitrogens with zero attached hydrogens (tertiary/aromatic N) is 1. The van der Waals surface area contributed by atoms with E-state index in [-0.39, 0.29) is 0 Å². The summed E-state index contributed by atoms with van der Waals surface area (Å²) in [4.78, 5) is 15.9. The lowest BCUT2D eigenvalue weighted by Gasteiger charge is -2.23. The summed E-state index contributed by atoms with van der Waals surface area (Å²) in [6, 6.07) is 7.93. The normalized spacial score (nSPS) is 17.8. The number of hydrogen-bond acceptors (Lipinski definition) is 2. The standard InChI is InChI=1S/C18H21NO2/c1-12(18(20)21)14-8-5-9-16-15(14)10-11-19-17(16)13-6-3-2-4-7-13/h5,8-13H,2-4,6-7H2,1H3,(H,20,21). The Labute approximate surface area is 125 Å². The van der Waals surface area contributed by atoms with Gasteiger partial charge in [0, 0.05) is 17.5 Å². The van der Waals surface area contributed by atoms with Crippen molar-refractivity contribution in [2.75, 3.05) is 0 Å². The van der Waals surface area contributed by atoms with Gasteiger partial charge >= 0.3 is 5.97 Å². The highest BCUT2D eigenvalue weighted by atomic mass is 16.4. The Morgan fingerprint density at radius 3 is 2.67 bits per heavy atom. The summed E-state index contributed by atoms with van der Waals surface area (Å²) in [5.74, 6) is -0.744. The number of fused-ring (bicyclic) bond motifs is 1. The fourth-order valence-corrected chi connectivity index (χ4v) is 3.47. The molecule has 1 unspecified atom stereocenters. The molecule has 0 spiro atoms. The number of carbonyl (C=O) groups is 1. The van der Waals surface area contributed by atoms with E-state index >= 15 is 0 Å². The Kier molecular flexibility index (Phi) is 3.91. The number of rotatable bonds is 3. The van der Waals surface area contributed by atoms with Gasteiger partial charge in [-0.15, -0.1) is 0 Å². The molecule has 1 N–H and O–H groups in total. The Hall–Kier alpha value is -1.90. The molecular weight excluding hydrogens is 262 g/mol. The van der Waals surface area contributed by atoms with E-state index in [1.165, 1.54) is 32.1 Å². The molecule has 3 heteroatoms. The molecule has 1 aromatic heterocycles. The lowest BCUT2D eigenvalue weighted by molar-refractivity contribution is -0.138. The van der Waals surface area contributed by atoms with Gasteiger partial charge < -0.3 is 5.11 Å². The van der Waals surface area contributed by atoms with Crippen LogP contribution in [0.5, 0.6) is 0 Å². The van der Waals surface area contributed by atoms with E-state index in [4.69, 9.17) is 0 Å². The molecule has 110 valence electrons. The van der Waals surface area contributed by atoms with E-state index in [2.05, 4.69) is 11.1 Å². The summed E-state index contributed by atoms with van der Waals surface area (Å²) in [5.41, 5.74) is 2.05. The summed E-state index contributed by atoms with van der Waals surface area (Å²) in [5, 5.41) is 11.5. The molecule has 3 rings (SSSR count). The molecule has 1 aliphatic rings. The molecule has 1 aliphatic carbocycles. The zero-order chi connectivity index (χ0) is 14.8. The molecule has 0 saturated heterocycles. The predicted octanol–water partition coefficient (Wildman–Crippen LogP) is 4.47. The van der Waals surface area contributed by atoms with Crippen LogP contribution in [0.4, 0.5) is 0 Å². The van der Waals surface area contributed by atoms with Gasteiger partial charge in [-0.05, 0) is 36.8 Å². The van der Waals surface area contributed by atoms with Crippen molar-refractivity contribution in [3.63, 3.8) is 0 Å². The molecule has 0 amide bonds. The summed E-state index contributed by atoms with van der Waals surface area (Å²) < 4.78 is 0. The van der Waals surface area contributed by atoms with Gasteiger partial charge in [-0.2, -0.15) is 0 Å². The second-order valence-electron chi connectivity index (χ2n) is 6.03. The molecule has 1 aromatic carbocycles. The van der Waals surface area contributed by atoms with Crippen LogP contribution in [-0.2, 0) is 4.79 Å². The van der Waals surface area contributed by atoms with E-state index in [0.29, 0.717) is 5.92 Å². The zero-order valence-electron chi connectivity index (χ0n) is 12.4. The highest BCUT2D eigenvalue weighted by molar-refractivity contribution is 5.92. The number of carboxylic acid groups (broad SMARTS) is 1. The minimum atomic E-state index is -0.779. The summed E-state index contributed by atoms with van der Waals surface area (Å²) in [6.45, 7) is 1.75. The van der Waals surface area contributed by atoms with E-state index in [9.17, 15) is 9.90 Å². The predicted molar refractivity (Wildman–Crippen MR) is 83.6 cm³/mol. The van der Waals surface area contributed by atoms with Crippen molar-refractivity contribution in [2.45, 2.75) is 50.9 Å². The Bertz CT molecular complexity index is 659. The van der Waals surface area contributed by atoms with E-state index in [1.54, 1.807) is 6.92 Å². The van der Waals surface area contributed by atoms with Crippen molar-refractivity contribution in [2.24, 2.45) is 0 Å². The monoisotopic (exact) mass is 283 g/mol. The van der Waals surface area contributed by atoms with Crippen LogP contribution in [0.1, 0.15) is 62.1 Å². The van der Waals surface area contributed by atoms with Crippen LogP contribution in [-0.4, -0.2) is 16.1 Å². The van der Waals surface area contributed by atoms with Crippen LogP contribution < -0.4 is 0 Å². The van der Waals surface area contributed by atoms with Crippen molar-refractivity contribution in [3.05, 3.63) is 41.7 Å². The first-order valence-electron chi connectivity index (χ1n) is 7.79. The second-order valence-corrected chi connectivity index (χ2v) is 6.03. The Balaban J connectivity index is 2.11. The maximum Gasteiger partial charge on any atom is 0.310 e. The molecule has 1 saturated carbocycles. The quantitative estimate of drug-likeness (QED) is 0.904. The van der Waals surface area contributed by atoms with Gasteiger partial charge in [0.05, 0.1) is 11.6 Å². The molecule has 0 radical (unpaired) electrons. The van der Waals surface area contributed by atoms with E-state index < -0.39 is 11.9 Å². The molecule has 21 heavy (non-hydrogen) atoms. The minimum absolute atomic E-state index is 0.490. The maximum absolute atomic E-state index is 11.3. The van der Waals surface area contributed by atoms with Crippen LogP contribution >= 0.6 is 0 Å². The van der Waals surface area contributed by atoms with Crippen molar-refractivity contribution in [1.29, 1.82) is 0 Å². The first kappa shape index (κ1) is 14.1. The third-order valence-corrected chi connectivity index (χ3v) is 4.70. The molecule has 0 bridgehead atoms. The van der Waals surface area contributed by atoms with Crippen molar-refractivity contribution in [3.8, 4) is 0 Å². The van der Waals surface area contributed by atoms with Gasteiger partial charge in [0.2, 0.25) is 0 Å². The van der Waals surface area contributed by atoms with Crippen molar-refractivity contribution >= 4 is 16.7 Å². The Morgan fingerprint density at radius 2 is 1.95 bits per heavy atom. The number of benzene rings is 1. The molecule has 1 heterocycles. The maximum atomic E-state index is 11.3.